The molecular weight excluding hydrogens is 348 g/mol. The van der Waals surface area contributed by atoms with E-state index in [1.165, 1.54) is 0 Å². The molecule has 28 heavy (non-hydrogen) atoms. The van der Waals surface area contributed by atoms with Gasteiger partial charge in [-0.25, -0.2) is 9.83 Å². The number of aromatic nitrogens is 2. The highest BCUT2D eigenvalue weighted by Crippen LogP contribution is 2.26. The molecule has 144 valence electrons. The van der Waals surface area contributed by atoms with Crippen molar-refractivity contribution in [3.63, 3.8) is 0 Å². The molecule has 5 heteroatoms. The van der Waals surface area contributed by atoms with E-state index in [1.807, 2.05) is 26.0 Å². The zero-order chi connectivity index (χ0) is 20.3. The summed E-state index contributed by atoms with van der Waals surface area (Å²) in [6.45, 7) is 15.2. The number of piperidine rings is 1. The average Bonchev–Trinajstić information content (AvgIpc) is 2.70. The molecule has 0 radical (unpaired) electrons. The molecule has 3 rings (SSSR count). The van der Waals surface area contributed by atoms with E-state index < -0.39 is 0 Å². The van der Waals surface area contributed by atoms with Gasteiger partial charge in [0, 0.05) is 26.1 Å². The van der Waals surface area contributed by atoms with Crippen LogP contribution in [0.25, 0.3) is 16.1 Å². The molecule has 0 spiro atoms. The fourth-order valence-corrected chi connectivity index (χ4v) is 3.31. The maximum Gasteiger partial charge on any atom is 0.271 e. The van der Waals surface area contributed by atoms with Crippen molar-refractivity contribution in [3.8, 4) is 23.1 Å². The van der Waals surface area contributed by atoms with Crippen molar-refractivity contribution in [3.05, 3.63) is 51.6 Å². The van der Waals surface area contributed by atoms with E-state index in [0.717, 1.165) is 31.5 Å². The Morgan fingerprint density at radius 2 is 1.86 bits per heavy atom. The van der Waals surface area contributed by atoms with Gasteiger partial charge in [-0.05, 0) is 24.3 Å². The number of benzene rings is 1. The molecular formula is C23H26N4O. The van der Waals surface area contributed by atoms with Gasteiger partial charge in [-0.2, -0.15) is 0 Å². The summed E-state index contributed by atoms with van der Waals surface area (Å²) in [4.78, 5) is 23.7. The summed E-state index contributed by atoms with van der Waals surface area (Å²) in [6.07, 6.45) is 2.19. The summed E-state index contributed by atoms with van der Waals surface area (Å²) in [5.74, 6) is 7.71. The van der Waals surface area contributed by atoms with Crippen LogP contribution >= 0.6 is 0 Å². The van der Waals surface area contributed by atoms with Crippen LogP contribution in [-0.2, 0) is 7.05 Å². The van der Waals surface area contributed by atoms with Gasteiger partial charge in [-0.3, -0.25) is 9.36 Å². The predicted octanol–water partition coefficient (Wildman–Crippen LogP) is 4.24. The second-order valence-corrected chi connectivity index (χ2v) is 7.75. The van der Waals surface area contributed by atoms with Gasteiger partial charge in [0.2, 0.25) is 5.95 Å². The van der Waals surface area contributed by atoms with Crippen molar-refractivity contribution in [1.82, 2.24) is 9.55 Å². The monoisotopic (exact) mass is 374 g/mol. The van der Waals surface area contributed by atoms with Crippen molar-refractivity contribution < 1.29 is 0 Å². The summed E-state index contributed by atoms with van der Waals surface area (Å²) in [7, 11) is 1.77. The molecule has 5 nitrogen and oxygen atoms in total. The second kappa shape index (κ2) is 8.31. The van der Waals surface area contributed by atoms with Crippen LogP contribution in [-0.4, -0.2) is 22.6 Å². The van der Waals surface area contributed by atoms with Gasteiger partial charge in [-0.15, -0.1) is 0 Å². The highest BCUT2D eigenvalue weighted by Gasteiger charge is 2.22. The zero-order valence-electron chi connectivity index (χ0n) is 17.0. The fourth-order valence-electron chi connectivity index (χ4n) is 3.31. The lowest BCUT2D eigenvalue weighted by molar-refractivity contribution is 0.431. The molecule has 1 aromatic heterocycles. The molecule has 1 fully saturated rings. The van der Waals surface area contributed by atoms with Crippen LogP contribution in [0.1, 0.15) is 39.2 Å². The van der Waals surface area contributed by atoms with Crippen LogP contribution in [0, 0.1) is 30.2 Å². The first kappa shape index (κ1) is 19.7. The number of rotatable bonds is 2. The highest BCUT2D eigenvalue weighted by molar-refractivity contribution is 5.70. The predicted molar refractivity (Wildman–Crippen MR) is 114 cm³/mol. The molecule has 1 aliphatic heterocycles. The van der Waals surface area contributed by atoms with Gasteiger partial charge in [0.15, 0.2) is 5.69 Å². The van der Waals surface area contributed by atoms with E-state index in [0.29, 0.717) is 28.8 Å². The maximum absolute atomic E-state index is 13.2. The van der Waals surface area contributed by atoms with Gasteiger partial charge >= 0.3 is 0 Å². The summed E-state index contributed by atoms with van der Waals surface area (Å²) >= 11 is 0. The Balaban J connectivity index is 2.17. The van der Waals surface area contributed by atoms with Crippen LogP contribution in [0.4, 0.5) is 11.6 Å². The van der Waals surface area contributed by atoms with Gasteiger partial charge in [0.1, 0.15) is 5.56 Å². The minimum Gasteiger partial charge on any atom is -0.342 e. The normalized spacial score (nSPS) is 14.5. The molecule has 0 bridgehead atoms. The molecule has 0 atom stereocenters. The summed E-state index contributed by atoms with van der Waals surface area (Å²) in [5, 5.41) is 0. The van der Waals surface area contributed by atoms with E-state index in [2.05, 4.69) is 28.5 Å². The van der Waals surface area contributed by atoms with Gasteiger partial charge < -0.3 is 4.90 Å². The topological polar surface area (TPSA) is 42.5 Å². The lowest BCUT2D eigenvalue weighted by Gasteiger charge is -2.32. The SMILES string of the molecule is [C-]#[N+]c1ccc(-c2nc(N3CCC(C)CC3)n(C)c(=O)c2C#CC(C)C)cc1. The van der Waals surface area contributed by atoms with Crippen LogP contribution in [0.15, 0.2) is 29.1 Å². The molecule has 0 aliphatic carbocycles. The standard InChI is InChI=1S/C23H26N4O/c1-16(2)6-11-20-21(18-7-9-19(24-4)10-8-18)25-23(26(5)22(20)28)27-14-12-17(3)13-15-27/h7-10,16-17H,12-15H2,1-3,5H3. The summed E-state index contributed by atoms with van der Waals surface area (Å²) in [6, 6.07) is 7.20. The number of hydrogen-bond acceptors (Lipinski definition) is 3. The van der Waals surface area contributed by atoms with Gasteiger partial charge in [0.05, 0.1) is 12.3 Å². The lowest BCUT2D eigenvalue weighted by Crippen LogP contribution is -2.38. The average molecular weight is 374 g/mol. The minimum absolute atomic E-state index is 0.124. The summed E-state index contributed by atoms with van der Waals surface area (Å²) in [5.41, 5.74) is 2.26. The van der Waals surface area contributed by atoms with Gasteiger partial charge in [0.25, 0.3) is 5.56 Å². The Morgan fingerprint density at radius 3 is 2.43 bits per heavy atom. The molecule has 0 amide bonds. The van der Waals surface area contributed by atoms with E-state index in [1.54, 1.807) is 23.7 Å². The molecule has 1 saturated heterocycles. The minimum atomic E-state index is -0.124. The van der Waals surface area contributed by atoms with Crippen molar-refractivity contribution in [1.29, 1.82) is 0 Å². The van der Waals surface area contributed by atoms with Crippen LogP contribution in [0.5, 0.6) is 0 Å². The molecule has 0 N–H and O–H groups in total. The van der Waals surface area contributed by atoms with Crippen LogP contribution < -0.4 is 10.5 Å². The molecule has 2 heterocycles. The molecule has 2 aromatic rings. The summed E-state index contributed by atoms with van der Waals surface area (Å²) < 4.78 is 1.62. The first-order valence-corrected chi connectivity index (χ1v) is 9.76. The van der Waals surface area contributed by atoms with E-state index in [-0.39, 0.29) is 11.5 Å². The Hall–Kier alpha value is -3.05. The number of nitrogens with zero attached hydrogens (tertiary/aromatic N) is 4. The first-order valence-electron chi connectivity index (χ1n) is 9.76. The quantitative estimate of drug-likeness (QED) is 0.583. The number of hydrogen-bond donors (Lipinski definition) is 0. The largest absolute Gasteiger partial charge is 0.342 e. The van der Waals surface area contributed by atoms with Gasteiger partial charge in [-0.1, -0.05) is 56.9 Å². The van der Waals surface area contributed by atoms with Crippen molar-refractivity contribution in [2.24, 2.45) is 18.9 Å². The maximum atomic E-state index is 13.2. The van der Waals surface area contributed by atoms with E-state index >= 15 is 0 Å². The third-order valence-corrected chi connectivity index (χ3v) is 5.09. The van der Waals surface area contributed by atoms with Crippen molar-refractivity contribution in [2.75, 3.05) is 18.0 Å². The van der Waals surface area contributed by atoms with Crippen LogP contribution in [0.2, 0.25) is 0 Å². The fraction of sp³-hybridized carbons (Fsp3) is 0.435. The Labute approximate surface area is 166 Å². The lowest BCUT2D eigenvalue weighted by atomic mass is 9.99. The van der Waals surface area contributed by atoms with Crippen LogP contribution in [0.3, 0.4) is 0 Å². The molecule has 1 aromatic carbocycles. The Bertz CT molecular complexity index is 1010. The van der Waals surface area contributed by atoms with E-state index in [4.69, 9.17) is 11.6 Å². The highest BCUT2D eigenvalue weighted by atomic mass is 16.1. The zero-order valence-corrected chi connectivity index (χ0v) is 17.0. The first-order chi connectivity index (χ1) is 13.4. The third-order valence-electron chi connectivity index (χ3n) is 5.09. The Morgan fingerprint density at radius 1 is 1.21 bits per heavy atom. The van der Waals surface area contributed by atoms with E-state index in [9.17, 15) is 4.79 Å². The van der Waals surface area contributed by atoms with Crippen molar-refractivity contribution >= 4 is 11.6 Å². The third kappa shape index (κ3) is 4.10. The van der Waals surface area contributed by atoms with Crippen molar-refractivity contribution in [2.45, 2.75) is 33.6 Å². The second-order valence-electron chi connectivity index (χ2n) is 7.75. The molecule has 0 unspecified atom stereocenters. The Kier molecular flexibility index (Phi) is 5.85. The number of anilines is 1. The smallest absolute Gasteiger partial charge is 0.271 e. The molecule has 0 saturated carbocycles. The molecule has 1 aliphatic rings.